The number of rotatable bonds is 4. The molecule has 2 nitrogen and oxygen atoms in total. The zero-order chi connectivity index (χ0) is 14.5. The van der Waals surface area contributed by atoms with Crippen LogP contribution >= 0.6 is 15.9 Å². The van der Waals surface area contributed by atoms with Crippen molar-refractivity contribution < 1.29 is 9.18 Å². The minimum atomic E-state index is -0.499. The molecule has 1 amide bonds. The summed E-state index contributed by atoms with van der Waals surface area (Å²) in [5.74, 6) is -0.881. The van der Waals surface area contributed by atoms with Crippen molar-refractivity contribution >= 4 is 21.8 Å². The Hall–Kier alpha value is -1.68. The maximum atomic E-state index is 13.5. The van der Waals surface area contributed by atoms with Crippen molar-refractivity contribution in [1.29, 1.82) is 0 Å². The summed E-state index contributed by atoms with van der Waals surface area (Å²) < 4.78 is 14.5. The molecule has 0 aromatic heterocycles. The van der Waals surface area contributed by atoms with E-state index in [4.69, 9.17) is 0 Å². The van der Waals surface area contributed by atoms with E-state index in [0.717, 1.165) is 10.0 Å². The zero-order valence-corrected chi connectivity index (χ0v) is 12.7. The maximum absolute atomic E-state index is 13.5. The van der Waals surface area contributed by atoms with E-state index in [1.54, 1.807) is 12.1 Å². The Bertz CT molecular complexity index is 598. The SMILES string of the molecule is C[C@@H](Cc1ccc(Br)cc1)NC(=O)c1ccccc1F. The van der Waals surface area contributed by atoms with Gasteiger partial charge in [0.25, 0.3) is 5.91 Å². The number of carbonyl (C=O) groups excluding carboxylic acids is 1. The van der Waals surface area contributed by atoms with Crippen LogP contribution in [0.25, 0.3) is 0 Å². The number of hydrogen-bond acceptors (Lipinski definition) is 1. The van der Waals surface area contributed by atoms with Gasteiger partial charge in [-0.25, -0.2) is 4.39 Å². The zero-order valence-electron chi connectivity index (χ0n) is 11.1. The largest absolute Gasteiger partial charge is 0.349 e. The third kappa shape index (κ3) is 3.90. The number of nitrogens with one attached hydrogen (secondary N) is 1. The molecule has 1 N–H and O–H groups in total. The first-order chi connectivity index (χ1) is 9.56. The molecule has 0 bridgehead atoms. The minimum Gasteiger partial charge on any atom is -0.349 e. The van der Waals surface area contributed by atoms with Crippen molar-refractivity contribution in [2.75, 3.05) is 0 Å². The van der Waals surface area contributed by atoms with E-state index < -0.39 is 5.82 Å². The van der Waals surface area contributed by atoms with Gasteiger partial charge in [-0.2, -0.15) is 0 Å². The molecule has 0 radical (unpaired) electrons. The van der Waals surface area contributed by atoms with Gasteiger partial charge in [0.1, 0.15) is 5.82 Å². The molecule has 0 unspecified atom stereocenters. The highest BCUT2D eigenvalue weighted by Crippen LogP contribution is 2.12. The lowest BCUT2D eigenvalue weighted by Gasteiger charge is -2.14. The van der Waals surface area contributed by atoms with Crippen LogP contribution in [0, 0.1) is 5.82 Å². The third-order valence-electron chi connectivity index (χ3n) is 2.95. The molecular weight excluding hydrogens is 321 g/mol. The van der Waals surface area contributed by atoms with Gasteiger partial charge in [0.2, 0.25) is 0 Å². The Morgan fingerprint density at radius 3 is 2.50 bits per heavy atom. The number of amides is 1. The van der Waals surface area contributed by atoms with Crippen molar-refractivity contribution in [2.24, 2.45) is 0 Å². The lowest BCUT2D eigenvalue weighted by Crippen LogP contribution is -2.34. The summed E-state index contributed by atoms with van der Waals surface area (Å²) in [6.45, 7) is 1.90. The third-order valence-corrected chi connectivity index (χ3v) is 3.48. The number of hydrogen-bond donors (Lipinski definition) is 1. The van der Waals surface area contributed by atoms with Crippen LogP contribution in [0.2, 0.25) is 0 Å². The van der Waals surface area contributed by atoms with E-state index in [-0.39, 0.29) is 17.5 Å². The normalized spacial score (nSPS) is 11.9. The van der Waals surface area contributed by atoms with Crippen molar-refractivity contribution in [3.8, 4) is 0 Å². The molecule has 0 aliphatic heterocycles. The summed E-state index contributed by atoms with van der Waals surface area (Å²) in [5.41, 5.74) is 1.20. The summed E-state index contributed by atoms with van der Waals surface area (Å²) in [5, 5.41) is 2.81. The van der Waals surface area contributed by atoms with Gasteiger partial charge in [0, 0.05) is 10.5 Å². The van der Waals surface area contributed by atoms with Crippen LogP contribution in [0.5, 0.6) is 0 Å². The molecule has 0 spiro atoms. The van der Waals surface area contributed by atoms with Crippen LogP contribution in [0.4, 0.5) is 4.39 Å². The second-order valence-electron chi connectivity index (χ2n) is 4.68. The number of benzene rings is 2. The van der Waals surface area contributed by atoms with Gasteiger partial charge in [-0.1, -0.05) is 40.2 Å². The molecule has 2 rings (SSSR count). The van der Waals surface area contributed by atoms with Crippen LogP contribution in [0.3, 0.4) is 0 Å². The highest BCUT2D eigenvalue weighted by atomic mass is 79.9. The second-order valence-corrected chi connectivity index (χ2v) is 5.60. The van der Waals surface area contributed by atoms with Gasteiger partial charge in [-0.15, -0.1) is 0 Å². The molecule has 0 aliphatic carbocycles. The van der Waals surface area contributed by atoms with Crippen LogP contribution in [0.1, 0.15) is 22.8 Å². The number of halogens is 2. The van der Waals surface area contributed by atoms with Gasteiger partial charge >= 0.3 is 0 Å². The monoisotopic (exact) mass is 335 g/mol. The van der Waals surface area contributed by atoms with Gasteiger partial charge in [-0.3, -0.25) is 4.79 Å². The molecule has 2 aromatic carbocycles. The highest BCUT2D eigenvalue weighted by Gasteiger charge is 2.13. The molecule has 0 heterocycles. The van der Waals surface area contributed by atoms with Crippen molar-refractivity contribution in [1.82, 2.24) is 5.32 Å². The molecule has 20 heavy (non-hydrogen) atoms. The Balaban J connectivity index is 1.98. The lowest BCUT2D eigenvalue weighted by molar-refractivity contribution is 0.0936. The van der Waals surface area contributed by atoms with Gasteiger partial charge in [-0.05, 0) is 43.2 Å². The van der Waals surface area contributed by atoms with Gasteiger partial charge < -0.3 is 5.32 Å². The average molecular weight is 336 g/mol. The minimum absolute atomic E-state index is 0.0664. The molecule has 0 saturated carbocycles. The fourth-order valence-electron chi connectivity index (χ4n) is 1.97. The van der Waals surface area contributed by atoms with Crippen LogP contribution < -0.4 is 5.32 Å². The van der Waals surface area contributed by atoms with Crippen LogP contribution in [0.15, 0.2) is 53.0 Å². The van der Waals surface area contributed by atoms with E-state index in [1.807, 2.05) is 31.2 Å². The number of carbonyl (C=O) groups is 1. The average Bonchev–Trinajstić information content (AvgIpc) is 2.41. The molecule has 0 fully saturated rings. The van der Waals surface area contributed by atoms with E-state index in [2.05, 4.69) is 21.2 Å². The molecule has 0 aliphatic rings. The first kappa shape index (κ1) is 14.7. The van der Waals surface area contributed by atoms with Gasteiger partial charge in [0.15, 0.2) is 0 Å². The van der Waals surface area contributed by atoms with E-state index in [9.17, 15) is 9.18 Å². The Morgan fingerprint density at radius 2 is 1.85 bits per heavy atom. The Morgan fingerprint density at radius 1 is 1.20 bits per heavy atom. The first-order valence-electron chi connectivity index (χ1n) is 6.36. The summed E-state index contributed by atoms with van der Waals surface area (Å²) in [4.78, 5) is 12.0. The lowest BCUT2D eigenvalue weighted by atomic mass is 10.1. The Labute approximate surface area is 126 Å². The fourth-order valence-corrected chi connectivity index (χ4v) is 2.24. The molecule has 2 aromatic rings. The standard InChI is InChI=1S/C16H15BrFNO/c1-11(10-12-6-8-13(17)9-7-12)19-16(20)14-4-2-3-5-15(14)18/h2-9,11H,10H2,1H3,(H,19,20)/t11-/m0/s1. The van der Waals surface area contributed by atoms with Crippen molar-refractivity contribution in [2.45, 2.75) is 19.4 Å². The predicted molar refractivity (Wildman–Crippen MR) is 81.2 cm³/mol. The van der Waals surface area contributed by atoms with Crippen molar-refractivity contribution in [3.63, 3.8) is 0 Å². The topological polar surface area (TPSA) is 29.1 Å². The second kappa shape index (κ2) is 6.66. The smallest absolute Gasteiger partial charge is 0.254 e. The highest BCUT2D eigenvalue weighted by molar-refractivity contribution is 9.10. The van der Waals surface area contributed by atoms with Crippen LogP contribution in [-0.4, -0.2) is 11.9 Å². The quantitative estimate of drug-likeness (QED) is 0.900. The summed E-state index contributed by atoms with van der Waals surface area (Å²) >= 11 is 3.38. The summed E-state index contributed by atoms with van der Waals surface area (Å²) in [6, 6.07) is 13.8. The molecule has 1 atom stereocenters. The molecular formula is C16H15BrFNO. The van der Waals surface area contributed by atoms with Crippen LogP contribution in [-0.2, 0) is 6.42 Å². The summed E-state index contributed by atoms with van der Waals surface area (Å²) in [6.07, 6.45) is 0.702. The Kier molecular flexibility index (Phi) is 4.90. The van der Waals surface area contributed by atoms with E-state index >= 15 is 0 Å². The summed E-state index contributed by atoms with van der Waals surface area (Å²) in [7, 11) is 0. The van der Waals surface area contributed by atoms with E-state index in [0.29, 0.717) is 6.42 Å². The molecule has 0 saturated heterocycles. The molecule has 104 valence electrons. The van der Waals surface area contributed by atoms with Crippen molar-refractivity contribution in [3.05, 3.63) is 69.9 Å². The maximum Gasteiger partial charge on any atom is 0.254 e. The first-order valence-corrected chi connectivity index (χ1v) is 7.15. The van der Waals surface area contributed by atoms with Gasteiger partial charge in [0.05, 0.1) is 5.56 Å². The molecule has 4 heteroatoms. The fraction of sp³-hybridized carbons (Fsp3) is 0.188. The van der Waals surface area contributed by atoms with E-state index in [1.165, 1.54) is 12.1 Å². The predicted octanol–water partition coefficient (Wildman–Crippen LogP) is 3.95.